The molecule has 1 N–H and O–H groups in total. The van der Waals surface area contributed by atoms with Crippen molar-refractivity contribution in [3.05, 3.63) is 64.7 Å². The number of amides is 3. The molecule has 2 aromatic carbocycles. The number of rotatable bonds is 4. The van der Waals surface area contributed by atoms with Gasteiger partial charge < -0.3 is 10.2 Å². The Kier molecular flexibility index (Phi) is 5.88. The highest BCUT2D eigenvalue weighted by molar-refractivity contribution is 6.22. The molecular formula is C25H30N4O3. The van der Waals surface area contributed by atoms with Gasteiger partial charge in [-0.15, -0.1) is 0 Å². The second-order valence-electron chi connectivity index (χ2n) is 9.61. The number of piperazine rings is 1. The van der Waals surface area contributed by atoms with Crippen LogP contribution in [0.2, 0.25) is 0 Å². The predicted octanol–water partition coefficient (Wildman–Crippen LogP) is 3.08. The monoisotopic (exact) mass is 434 g/mol. The number of anilines is 1. The van der Waals surface area contributed by atoms with Crippen LogP contribution in [0.1, 0.15) is 57.4 Å². The maximum Gasteiger partial charge on any atom is 0.262 e. The van der Waals surface area contributed by atoms with Crippen molar-refractivity contribution in [2.75, 3.05) is 38.5 Å². The number of fused-ring (bicyclic) bond motifs is 1. The lowest BCUT2D eigenvalue weighted by molar-refractivity contribution is 0.0507. The molecule has 0 bridgehead atoms. The number of nitrogens with one attached hydrogen (secondary N) is 1. The Hall–Kier alpha value is -3.03. The van der Waals surface area contributed by atoms with Crippen LogP contribution in [0, 0.1) is 0 Å². The minimum absolute atomic E-state index is 0.278. The molecule has 0 atom stereocenters. The summed E-state index contributed by atoms with van der Waals surface area (Å²) in [5, 5.41) is 2.88. The van der Waals surface area contributed by atoms with Gasteiger partial charge in [0.15, 0.2) is 0 Å². The van der Waals surface area contributed by atoms with Crippen LogP contribution in [-0.2, 0) is 6.54 Å². The number of carbonyl (C=O) groups is 3. The van der Waals surface area contributed by atoms with Gasteiger partial charge in [0.2, 0.25) is 0 Å². The third-order valence-electron chi connectivity index (χ3n) is 6.03. The summed E-state index contributed by atoms with van der Waals surface area (Å²) in [6, 6.07) is 12.5. The zero-order valence-corrected chi connectivity index (χ0v) is 19.1. The molecular weight excluding hydrogens is 404 g/mol. The van der Waals surface area contributed by atoms with Crippen molar-refractivity contribution in [2.24, 2.45) is 0 Å². The summed E-state index contributed by atoms with van der Waals surface area (Å²) in [5.74, 6) is -0.991. The van der Waals surface area contributed by atoms with Crippen molar-refractivity contribution < 1.29 is 14.4 Å². The van der Waals surface area contributed by atoms with Gasteiger partial charge in [-0.1, -0.05) is 12.1 Å². The smallest absolute Gasteiger partial charge is 0.262 e. The summed E-state index contributed by atoms with van der Waals surface area (Å²) in [4.78, 5) is 44.2. The highest BCUT2D eigenvalue weighted by Crippen LogP contribution is 2.30. The van der Waals surface area contributed by atoms with E-state index in [-0.39, 0.29) is 23.3 Å². The predicted molar refractivity (Wildman–Crippen MR) is 124 cm³/mol. The first-order valence-electron chi connectivity index (χ1n) is 11.0. The van der Waals surface area contributed by atoms with E-state index in [1.54, 1.807) is 12.1 Å². The Bertz CT molecular complexity index is 1050. The Morgan fingerprint density at radius 2 is 1.53 bits per heavy atom. The summed E-state index contributed by atoms with van der Waals surface area (Å²) in [7, 11) is 2.14. The van der Waals surface area contributed by atoms with Gasteiger partial charge in [0, 0.05) is 49.5 Å². The van der Waals surface area contributed by atoms with Gasteiger partial charge in [-0.05, 0) is 63.7 Å². The molecule has 2 aliphatic rings. The standard InChI is InChI=1S/C25H30N4O3/c1-25(2,3)29-23(31)20-10-7-18(15-21(20)24(29)32)22(30)26-19-8-5-17(6-9-19)16-28-13-11-27(4)12-14-28/h5-10,15H,11-14,16H2,1-4H3,(H,26,30). The summed E-state index contributed by atoms with van der Waals surface area (Å²) in [6.45, 7) is 10.6. The molecule has 7 heteroatoms. The number of hydrogen-bond acceptors (Lipinski definition) is 5. The number of carbonyl (C=O) groups excluding carboxylic acids is 3. The molecule has 2 aliphatic heterocycles. The number of nitrogens with zero attached hydrogens (tertiary/aromatic N) is 3. The third kappa shape index (κ3) is 4.45. The molecule has 0 saturated carbocycles. The molecule has 7 nitrogen and oxygen atoms in total. The molecule has 0 unspecified atom stereocenters. The van der Waals surface area contributed by atoms with Gasteiger partial charge in [-0.3, -0.25) is 24.2 Å². The molecule has 168 valence electrons. The zero-order valence-electron chi connectivity index (χ0n) is 19.1. The van der Waals surface area contributed by atoms with Crippen molar-refractivity contribution in [3.8, 4) is 0 Å². The summed E-state index contributed by atoms with van der Waals surface area (Å²) in [5.41, 5.74) is 2.24. The fraction of sp³-hybridized carbons (Fsp3) is 0.400. The van der Waals surface area contributed by atoms with Crippen LogP contribution < -0.4 is 5.32 Å². The fourth-order valence-corrected chi connectivity index (χ4v) is 4.15. The van der Waals surface area contributed by atoms with Gasteiger partial charge in [0.1, 0.15) is 0 Å². The summed E-state index contributed by atoms with van der Waals surface area (Å²) in [6.07, 6.45) is 0. The first-order chi connectivity index (χ1) is 15.1. The molecule has 0 radical (unpaired) electrons. The molecule has 0 aromatic heterocycles. The molecule has 1 saturated heterocycles. The lowest BCUT2D eigenvalue weighted by Crippen LogP contribution is -2.45. The number of benzene rings is 2. The molecule has 2 heterocycles. The number of imide groups is 1. The molecule has 3 amide bonds. The first-order valence-corrected chi connectivity index (χ1v) is 11.0. The Balaban J connectivity index is 1.42. The van der Waals surface area contributed by atoms with Crippen LogP contribution >= 0.6 is 0 Å². The first kappa shape index (κ1) is 22.2. The SMILES string of the molecule is CN1CCN(Cc2ccc(NC(=O)c3ccc4c(c3)C(=O)N(C(C)(C)C)C4=O)cc2)CC1. The van der Waals surface area contributed by atoms with E-state index in [4.69, 9.17) is 0 Å². The van der Waals surface area contributed by atoms with Gasteiger partial charge in [0.25, 0.3) is 17.7 Å². The van der Waals surface area contributed by atoms with Gasteiger partial charge in [0.05, 0.1) is 11.1 Å². The van der Waals surface area contributed by atoms with Crippen molar-refractivity contribution in [3.63, 3.8) is 0 Å². The van der Waals surface area contributed by atoms with Crippen molar-refractivity contribution in [1.29, 1.82) is 0 Å². The number of hydrogen-bond donors (Lipinski definition) is 1. The summed E-state index contributed by atoms with van der Waals surface area (Å²) < 4.78 is 0. The normalized spacial score (nSPS) is 17.6. The maximum atomic E-state index is 12.8. The Morgan fingerprint density at radius 1 is 0.906 bits per heavy atom. The fourth-order valence-electron chi connectivity index (χ4n) is 4.15. The molecule has 32 heavy (non-hydrogen) atoms. The molecule has 2 aromatic rings. The minimum atomic E-state index is -0.624. The Labute approximate surface area is 189 Å². The second-order valence-corrected chi connectivity index (χ2v) is 9.61. The lowest BCUT2D eigenvalue weighted by Gasteiger charge is -2.32. The van der Waals surface area contributed by atoms with E-state index in [9.17, 15) is 14.4 Å². The van der Waals surface area contributed by atoms with Gasteiger partial charge in [-0.2, -0.15) is 0 Å². The van der Waals surface area contributed by atoms with Crippen LogP contribution in [0.5, 0.6) is 0 Å². The van der Waals surface area contributed by atoms with E-state index in [0.717, 1.165) is 32.7 Å². The summed E-state index contributed by atoms with van der Waals surface area (Å²) >= 11 is 0. The van der Waals surface area contributed by atoms with E-state index < -0.39 is 5.54 Å². The van der Waals surface area contributed by atoms with E-state index in [1.807, 2.05) is 45.0 Å². The zero-order chi connectivity index (χ0) is 23.0. The average Bonchev–Trinajstić information content (AvgIpc) is 3.01. The van der Waals surface area contributed by atoms with Crippen LogP contribution in [0.15, 0.2) is 42.5 Å². The minimum Gasteiger partial charge on any atom is -0.322 e. The molecule has 4 rings (SSSR count). The van der Waals surface area contributed by atoms with E-state index >= 15 is 0 Å². The second kappa shape index (κ2) is 8.48. The van der Waals surface area contributed by atoms with E-state index in [0.29, 0.717) is 16.8 Å². The van der Waals surface area contributed by atoms with Gasteiger partial charge in [-0.25, -0.2) is 0 Å². The lowest BCUT2D eigenvalue weighted by atomic mass is 10.1. The van der Waals surface area contributed by atoms with Crippen molar-refractivity contribution in [2.45, 2.75) is 32.9 Å². The highest BCUT2D eigenvalue weighted by atomic mass is 16.2. The van der Waals surface area contributed by atoms with Crippen molar-refractivity contribution >= 4 is 23.4 Å². The van der Waals surface area contributed by atoms with Gasteiger partial charge >= 0.3 is 0 Å². The van der Waals surface area contributed by atoms with Crippen molar-refractivity contribution in [1.82, 2.24) is 14.7 Å². The number of likely N-dealkylation sites (N-methyl/N-ethyl adjacent to an activating group) is 1. The largest absolute Gasteiger partial charge is 0.322 e. The van der Waals surface area contributed by atoms with Crippen LogP contribution in [0.4, 0.5) is 5.69 Å². The maximum absolute atomic E-state index is 12.8. The van der Waals surface area contributed by atoms with Crippen LogP contribution in [0.25, 0.3) is 0 Å². The average molecular weight is 435 g/mol. The van der Waals surface area contributed by atoms with E-state index in [1.165, 1.54) is 16.5 Å². The quantitative estimate of drug-likeness (QED) is 0.749. The highest BCUT2D eigenvalue weighted by Gasteiger charge is 2.42. The topological polar surface area (TPSA) is 73.0 Å². The Morgan fingerprint density at radius 3 is 2.16 bits per heavy atom. The molecule has 0 spiro atoms. The molecule has 0 aliphatic carbocycles. The van der Waals surface area contributed by atoms with Crippen LogP contribution in [-0.4, -0.2) is 71.2 Å². The van der Waals surface area contributed by atoms with E-state index in [2.05, 4.69) is 22.2 Å². The third-order valence-corrected chi connectivity index (χ3v) is 6.03. The van der Waals surface area contributed by atoms with Crippen LogP contribution in [0.3, 0.4) is 0 Å². The molecule has 1 fully saturated rings.